The maximum Gasteiger partial charge on any atom is 0.416 e. The molecule has 0 saturated heterocycles. The van der Waals surface area contributed by atoms with Crippen LogP contribution >= 0.6 is 0 Å². The zero-order chi connectivity index (χ0) is 14.3. The Balaban J connectivity index is 2.51. The molecule has 1 aromatic rings. The van der Waals surface area contributed by atoms with Crippen LogP contribution in [-0.2, 0) is 17.0 Å². The molecule has 1 atom stereocenters. The minimum absolute atomic E-state index is 0.390. The fourth-order valence-electron chi connectivity index (χ4n) is 1.40. The molecule has 106 valence electrons. The summed E-state index contributed by atoms with van der Waals surface area (Å²) in [5, 5.41) is 0. The highest BCUT2D eigenvalue weighted by Crippen LogP contribution is 2.29. The van der Waals surface area contributed by atoms with Gasteiger partial charge < -0.3 is 5.73 Å². The first-order valence-electron chi connectivity index (χ1n) is 5.82. The second kappa shape index (κ2) is 7.45. The second-order valence-corrected chi connectivity index (χ2v) is 5.60. The third-order valence-corrected chi connectivity index (χ3v) is 3.71. The van der Waals surface area contributed by atoms with Crippen molar-refractivity contribution >= 4 is 16.9 Å². The van der Waals surface area contributed by atoms with E-state index in [-0.39, 0.29) is 0 Å². The van der Waals surface area contributed by atoms with Gasteiger partial charge in [0, 0.05) is 22.3 Å². The first-order chi connectivity index (χ1) is 8.93. The third kappa shape index (κ3) is 6.02. The molecule has 19 heavy (non-hydrogen) atoms. The third-order valence-electron chi connectivity index (χ3n) is 2.41. The molecular formula is C13H16F3NOS. The van der Waals surface area contributed by atoms with Gasteiger partial charge in [-0.2, -0.15) is 13.2 Å². The van der Waals surface area contributed by atoms with Gasteiger partial charge in [0.15, 0.2) is 0 Å². The molecule has 0 heterocycles. The van der Waals surface area contributed by atoms with Crippen LogP contribution in [-0.4, -0.2) is 22.3 Å². The largest absolute Gasteiger partial charge is 0.416 e. The SMILES string of the molecule is NCCCS(=O)C/C=C/c1ccc(C(F)(F)F)cc1. The maximum absolute atomic E-state index is 12.3. The van der Waals surface area contributed by atoms with Crippen molar-refractivity contribution in [3.05, 3.63) is 41.5 Å². The molecule has 0 aliphatic rings. The number of hydrogen-bond donors (Lipinski definition) is 1. The van der Waals surface area contributed by atoms with Crippen molar-refractivity contribution in [1.82, 2.24) is 0 Å². The van der Waals surface area contributed by atoms with Crippen LogP contribution in [0.5, 0.6) is 0 Å². The van der Waals surface area contributed by atoms with Crippen LogP contribution in [0.15, 0.2) is 30.3 Å². The molecule has 1 rings (SSSR count). The number of rotatable bonds is 6. The van der Waals surface area contributed by atoms with E-state index in [0.29, 0.717) is 30.0 Å². The van der Waals surface area contributed by atoms with Crippen molar-refractivity contribution in [3.8, 4) is 0 Å². The minimum Gasteiger partial charge on any atom is -0.330 e. The molecule has 0 fully saturated rings. The lowest BCUT2D eigenvalue weighted by atomic mass is 10.1. The first kappa shape index (κ1) is 15.9. The minimum atomic E-state index is -4.31. The van der Waals surface area contributed by atoms with Crippen LogP contribution < -0.4 is 5.73 Å². The van der Waals surface area contributed by atoms with Crippen LogP contribution in [0.4, 0.5) is 13.2 Å². The normalized spacial score (nSPS) is 13.9. The van der Waals surface area contributed by atoms with Gasteiger partial charge >= 0.3 is 6.18 Å². The lowest BCUT2D eigenvalue weighted by Gasteiger charge is -2.05. The molecule has 0 aliphatic carbocycles. The summed E-state index contributed by atoms with van der Waals surface area (Å²) in [4.78, 5) is 0. The summed E-state index contributed by atoms with van der Waals surface area (Å²) >= 11 is 0. The molecule has 0 bridgehead atoms. The van der Waals surface area contributed by atoms with Crippen molar-refractivity contribution in [2.75, 3.05) is 18.1 Å². The molecule has 0 aliphatic heterocycles. The van der Waals surface area contributed by atoms with Crippen LogP contribution in [0, 0.1) is 0 Å². The van der Waals surface area contributed by atoms with Gasteiger partial charge in [0.05, 0.1) is 5.56 Å². The van der Waals surface area contributed by atoms with Crippen molar-refractivity contribution in [2.45, 2.75) is 12.6 Å². The summed E-state index contributed by atoms with van der Waals surface area (Å²) < 4.78 is 48.4. The quantitative estimate of drug-likeness (QED) is 0.876. The van der Waals surface area contributed by atoms with Gasteiger partial charge in [-0.25, -0.2) is 0 Å². The predicted molar refractivity (Wildman–Crippen MR) is 72.0 cm³/mol. The van der Waals surface area contributed by atoms with Crippen LogP contribution in [0.25, 0.3) is 6.08 Å². The summed E-state index contributed by atoms with van der Waals surface area (Å²) in [7, 11) is -0.959. The highest BCUT2D eigenvalue weighted by atomic mass is 32.2. The Hall–Kier alpha value is -1.14. The average Bonchev–Trinajstić information content (AvgIpc) is 2.36. The van der Waals surface area contributed by atoms with Crippen molar-refractivity contribution in [2.24, 2.45) is 5.73 Å². The summed E-state index contributed by atoms with van der Waals surface area (Å²) in [5.41, 5.74) is 5.29. The lowest BCUT2D eigenvalue weighted by molar-refractivity contribution is -0.137. The maximum atomic E-state index is 12.3. The van der Waals surface area contributed by atoms with Gasteiger partial charge in [-0.1, -0.05) is 24.3 Å². The van der Waals surface area contributed by atoms with Crippen molar-refractivity contribution < 1.29 is 17.4 Å². The monoisotopic (exact) mass is 291 g/mol. The summed E-state index contributed by atoms with van der Waals surface area (Å²) in [6, 6.07) is 4.85. The molecular weight excluding hydrogens is 275 g/mol. The standard InChI is InChI=1S/C13H16F3NOS/c14-13(15,16)12-6-4-11(5-7-12)3-1-9-19(18)10-2-8-17/h1,3-7H,2,8-10,17H2/b3-1+. The Morgan fingerprint density at radius 1 is 1.21 bits per heavy atom. The molecule has 6 heteroatoms. The first-order valence-corrected chi connectivity index (χ1v) is 7.31. The van der Waals surface area contributed by atoms with Crippen molar-refractivity contribution in [1.29, 1.82) is 0 Å². The molecule has 2 nitrogen and oxygen atoms in total. The zero-order valence-corrected chi connectivity index (χ0v) is 11.1. The molecule has 0 aromatic heterocycles. The highest BCUT2D eigenvalue weighted by molar-refractivity contribution is 7.85. The lowest BCUT2D eigenvalue weighted by Crippen LogP contribution is -2.07. The Morgan fingerprint density at radius 2 is 1.84 bits per heavy atom. The van der Waals surface area contributed by atoms with E-state index < -0.39 is 22.5 Å². The van der Waals surface area contributed by atoms with Crippen LogP contribution in [0.1, 0.15) is 17.5 Å². The molecule has 0 radical (unpaired) electrons. The average molecular weight is 291 g/mol. The molecule has 0 spiro atoms. The van der Waals surface area contributed by atoms with Crippen LogP contribution in [0.3, 0.4) is 0 Å². The van der Waals surface area contributed by atoms with E-state index >= 15 is 0 Å². The summed E-state index contributed by atoms with van der Waals surface area (Å²) in [6.07, 6.45) is -0.234. The van der Waals surface area contributed by atoms with Crippen LogP contribution in [0.2, 0.25) is 0 Å². The fourth-order valence-corrected chi connectivity index (χ4v) is 2.37. The molecule has 1 aromatic carbocycles. The Morgan fingerprint density at radius 3 is 2.37 bits per heavy atom. The van der Waals surface area contributed by atoms with E-state index in [1.807, 2.05) is 0 Å². The highest BCUT2D eigenvalue weighted by Gasteiger charge is 2.29. The number of alkyl halides is 3. The smallest absolute Gasteiger partial charge is 0.330 e. The Labute approximate surface area is 113 Å². The van der Waals surface area contributed by atoms with E-state index in [9.17, 15) is 17.4 Å². The van der Waals surface area contributed by atoms with E-state index in [0.717, 1.165) is 12.1 Å². The van der Waals surface area contributed by atoms with E-state index in [2.05, 4.69) is 0 Å². The summed E-state index contributed by atoms with van der Waals surface area (Å²) in [6.45, 7) is 0.508. The Bertz CT molecular complexity index is 440. The van der Waals surface area contributed by atoms with E-state index in [4.69, 9.17) is 5.73 Å². The fraction of sp³-hybridized carbons (Fsp3) is 0.385. The van der Waals surface area contributed by atoms with Gasteiger partial charge in [0.1, 0.15) is 0 Å². The molecule has 2 N–H and O–H groups in total. The second-order valence-electron chi connectivity index (χ2n) is 3.97. The zero-order valence-electron chi connectivity index (χ0n) is 10.3. The molecule has 0 saturated carbocycles. The van der Waals surface area contributed by atoms with E-state index in [1.54, 1.807) is 12.2 Å². The molecule has 0 amide bonds. The summed E-state index contributed by atoms with van der Waals surface area (Å²) in [5.74, 6) is 0.939. The topological polar surface area (TPSA) is 43.1 Å². The number of benzene rings is 1. The molecule has 1 unspecified atom stereocenters. The number of hydrogen-bond acceptors (Lipinski definition) is 2. The number of nitrogens with two attached hydrogens (primary N) is 1. The van der Waals surface area contributed by atoms with Gasteiger partial charge in [-0.3, -0.25) is 4.21 Å². The van der Waals surface area contributed by atoms with Gasteiger partial charge in [0.2, 0.25) is 0 Å². The Kier molecular flexibility index (Phi) is 6.24. The predicted octanol–water partition coefficient (Wildman–Crippen LogP) is 2.82. The van der Waals surface area contributed by atoms with Gasteiger partial charge in [-0.05, 0) is 30.7 Å². The van der Waals surface area contributed by atoms with Gasteiger partial charge in [-0.15, -0.1) is 0 Å². The van der Waals surface area contributed by atoms with Gasteiger partial charge in [0.25, 0.3) is 0 Å². The number of halogens is 3. The van der Waals surface area contributed by atoms with E-state index in [1.165, 1.54) is 12.1 Å². The van der Waals surface area contributed by atoms with Crippen molar-refractivity contribution in [3.63, 3.8) is 0 Å².